The molecule has 2 saturated heterocycles. The van der Waals surface area contributed by atoms with Gasteiger partial charge in [0.2, 0.25) is 6.29 Å². The molecule has 260 valence electrons. The van der Waals surface area contributed by atoms with Gasteiger partial charge in [0.05, 0.1) is 25.4 Å². The van der Waals surface area contributed by atoms with Gasteiger partial charge in [-0.15, -0.1) is 0 Å². The van der Waals surface area contributed by atoms with E-state index in [9.17, 15) is 55.9 Å². The van der Waals surface area contributed by atoms with Crippen LogP contribution in [-0.4, -0.2) is 156 Å². The Morgan fingerprint density at radius 3 is 2.02 bits per heavy atom. The van der Waals surface area contributed by atoms with E-state index in [0.29, 0.717) is 5.56 Å². The Morgan fingerprint density at radius 1 is 0.809 bits per heavy atom. The fourth-order valence-corrected chi connectivity index (χ4v) is 5.86. The van der Waals surface area contributed by atoms with E-state index in [0.717, 1.165) is 12.3 Å². The number of carbonyl (C=O) groups excluding carboxylic acids is 1. The molecule has 3 heterocycles. The number of esters is 1. The molecule has 17 nitrogen and oxygen atoms in total. The maximum atomic E-state index is 12.6. The number of phenols is 1. The molecule has 0 saturated carbocycles. The molecule has 47 heavy (non-hydrogen) atoms. The molecule has 1 aliphatic carbocycles. The van der Waals surface area contributed by atoms with Crippen molar-refractivity contribution in [2.24, 2.45) is 5.92 Å². The molecule has 0 bridgehead atoms. The zero-order valence-electron chi connectivity index (χ0n) is 24.7. The van der Waals surface area contributed by atoms with Gasteiger partial charge in [0.15, 0.2) is 12.6 Å². The zero-order valence-corrected chi connectivity index (χ0v) is 24.7. The number of aliphatic hydroxyl groups excluding tert-OH is 9. The van der Waals surface area contributed by atoms with Crippen molar-refractivity contribution in [1.82, 2.24) is 0 Å². The first-order chi connectivity index (χ1) is 22.4. The van der Waals surface area contributed by atoms with E-state index in [2.05, 4.69) is 0 Å². The molecule has 0 radical (unpaired) electrons. The van der Waals surface area contributed by atoms with Gasteiger partial charge in [-0.1, -0.05) is 12.1 Å². The lowest BCUT2D eigenvalue weighted by molar-refractivity contribution is -0.362. The summed E-state index contributed by atoms with van der Waals surface area (Å²) in [6.45, 7) is -1.99. The summed E-state index contributed by atoms with van der Waals surface area (Å²) in [7, 11) is 0. The SMILES string of the molecule is O=C(/C=C/c1ccc(O)cc1)OCC1=C[C@@H](O)[C@]2(O[C@@H]3O[C@H](CO)[C@@H](O)[C@H](O)[C@H]3O)C=CO[C@@H](O[C@@H]3O[C@H](CO)[C@@H](O)[C@H](O)[C@H]3O)[C@H]12. The van der Waals surface area contributed by atoms with E-state index < -0.39 is 111 Å². The van der Waals surface area contributed by atoms with Crippen LogP contribution >= 0.6 is 0 Å². The van der Waals surface area contributed by atoms with E-state index in [4.69, 9.17) is 28.4 Å². The molecular weight excluding hydrogens is 632 g/mol. The number of phenolic OH excluding ortho intramolecular Hbond substituents is 1. The second-order valence-electron chi connectivity index (χ2n) is 11.5. The van der Waals surface area contributed by atoms with Gasteiger partial charge in [-0.25, -0.2) is 4.79 Å². The predicted molar refractivity (Wildman–Crippen MR) is 152 cm³/mol. The largest absolute Gasteiger partial charge is 0.508 e. The van der Waals surface area contributed by atoms with Crippen LogP contribution in [0.2, 0.25) is 0 Å². The highest BCUT2D eigenvalue weighted by atomic mass is 16.8. The minimum absolute atomic E-state index is 0.0371. The summed E-state index contributed by atoms with van der Waals surface area (Å²) in [6.07, 6.45) is -13.9. The molecule has 5 rings (SSSR count). The van der Waals surface area contributed by atoms with Crippen molar-refractivity contribution in [2.75, 3.05) is 19.8 Å². The van der Waals surface area contributed by atoms with E-state index in [1.807, 2.05) is 0 Å². The van der Waals surface area contributed by atoms with Crippen molar-refractivity contribution in [3.63, 3.8) is 0 Å². The molecule has 0 amide bonds. The van der Waals surface area contributed by atoms with Crippen LogP contribution in [0.25, 0.3) is 6.08 Å². The van der Waals surface area contributed by atoms with Crippen molar-refractivity contribution >= 4 is 12.0 Å². The number of fused-ring (bicyclic) bond motifs is 1. The number of aromatic hydroxyl groups is 1. The predicted octanol–water partition coefficient (Wildman–Crippen LogP) is -3.89. The number of hydrogen-bond donors (Lipinski definition) is 10. The van der Waals surface area contributed by atoms with Crippen molar-refractivity contribution in [3.8, 4) is 5.75 Å². The number of rotatable bonds is 10. The Morgan fingerprint density at radius 2 is 1.40 bits per heavy atom. The maximum absolute atomic E-state index is 12.6. The van der Waals surface area contributed by atoms with Crippen molar-refractivity contribution in [2.45, 2.75) is 79.4 Å². The zero-order chi connectivity index (χ0) is 34.0. The highest BCUT2D eigenvalue weighted by Crippen LogP contribution is 2.48. The second-order valence-corrected chi connectivity index (χ2v) is 11.5. The molecule has 10 N–H and O–H groups in total. The Labute approximate surface area is 267 Å². The van der Waals surface area contributed by atoms with E-state index in [1.54, 1.807) is 12.1 Å². The highest BCUT2D eigenvalue weighted by Gasteiger charge is 2.60. The van der Waals surface area contributed by atoms with E-state index in [1.165, 1.54) is 30.4 Å². The molecule has 4 aliphatic rings. The van der Waals surface area contributed by atoms with Crippen molar-refractivity contribution < 1.29 is 84.3 Å². The van der Waals surface area contributed by atoms with Gasteiger partial charge < -0.3 is 79.5 Å². The highest BCUT2D eigenvalue weighted by molar-refractivity contribution is 5.87. The Bertz CT molecular complexity index is 1310. The van der Waals surface area contributed by atoms with Crippen LogP contribution in [0.1, 0.15) is 5.56 Å². The molecule has 17 heteroatoms. The maximum Gasteiger partial charge on any atom is 0.331 e. The normalized spacial score (nSPS) is 41.7. The summed E-state index contributed by atoms with van der Waals surface area (Å²) < 4.78 is 34.0. The first-order valence-electron chi connectivity index (χ1n) is 14.7. The van der Waals surface area contributed by atoms with Crippen LogP contribution in [0.15, 0.2) is 54.3 Å². The Hall–Kier alpha value is -3.01. The van der Waals surface area contributed by atoms with Gasteiger partial charge in [-0.3, -0.25) is 0 Å². The number of ether oxygens (including phenoxy) is 6. The van der Waals surface area contributed by atoms with Gasteiger partial charge in [0.25, 0.3) is 0 Å². The molecular formula is C30H38O17. The van der Waals surface area contributed by atoms with Gasteiger partial charge in [0.1, 0.15) is 72.9 Å². The van der Waals surface area contributed by atoms with Crippen LogP contribution in [0, 0.1) is 5.92 Å². The summed E-state index contributed by atoms with van der Waals surface area (Å²) in [5, 5.41) is 102. The van der Waals surface area contributed by atoms with Crippen LogP contribution in [-0.2, 0) is 33.2 Å². The van der Waals surface area contributed by atoms with E-state index >= 15 is 0 Å². The lowest BCUT2D eigenvalue weighted by Crippen LogP contribution is -2.64. The minimum atomic E-state index is -1.95. The number of carbonyl (C=O) groups is 1. The number of benzene rings is 1. The fourth-order valence-electron chi connectivity index (χ4n) is 5.86. The summed E-state index contributed by atoms with van der Waals surface area (Å²) in [4.78, 5) is 12.6. The first kappa shape index (κ1) is 35.3. The van der Waals surface area contributed by atoms with E-state index in [-0.39, 0.29) is 11.3 Å². The quantitative estimate of drug-likeness (QED) is 0.0647. The number of aliphatic hydroxyl groups is 9. The van der Waals surface area contributed by atoms with Crippen LogP contribution in [0.3, 0.4) is 0 Å². The van der Waals surface area contributed by atoms with Gasteiger partial charge >= 0.3 is 5.97 Å². The Balaban J connectivity index is 1.41. The third-order valence-electron chi connectivity index (χ3n) is 8.50. The van der Waals surface area contributed by atoms with Crippen molar-refractivity contribution in [3.05, 3.63) is 59.9 Å². The number of hydrogen-bond acceptors (Lipinski definition) is 17. The minimum Gasteiger partial charge on any atom is -0.508 e. The van der Waals surface area contributed by atoms with Crippen molar-refractivity contribution in [1.29, 1.82) is 0 Å². The third-order valence-corrected chi connectivity index (χ3v) is 8.50. The summed E-state index contributed by atoms with van der Waals surface area (Å²) >= 11 is 0. The molecule has 0 aromatic heterocycles. The standard InChI is InChI=1S/C30H38O17/c31-10-16-21(36)23(38)25(40)28(44-16)46-27-20-14(12-43-19(35)6-3-13-1-4-15(33)5-2-13)9-18(34)30(20,7-8-42-27)47-29-26(41)24(39)22(37)17(11-32)45-29/h1-9,16-18,20-29,31-34,36-41H,10-12H2/b6-3+/t16-,17-,18-,20+,21-,22-,23+,24+,25-,26-,27+,28+,29+,30-/m1/s1. The van der Waals surface area contributed by atoms with Gasteiger partial charge in [-0.2, -0.15) is 0 Å². The Kier molecular flexibility index (Phi) is 11.0. The topological polar surface area (TPSA) is 275 Å². The molecule has 3 aliphatic heterocycles. The molecule has 14 atom stereocenters. The summed E-state index contributed by atoms with van der Waals surface area (Å²) in [6, 6.07) is 5.98. The van der Waals surface area contributed by atoms with Crippen LogP contribution in [0.4, 0.5) is 0 Å². The molecule has 1 aromatic rings. The van der Waals surface area contributed by atoms with Gasteiger partial charge in [0, 0.05) is 6.08 Å². The molecule has 2 fully saturated rings. The van der Waals surface area contributed by atoms with Gasteiger partial charge in [-0.05, 0) is 41.5 Å². The summed E-state index contributed by atoms with van der Waals surface area (Å²) in [5.41, 5.74) is -1.22. The fraction of sp³-hybridized carbons (Fsp3) is 0.567. The summed E-state index contributed by atoms with van der Waals surface area (Å²) in [5.74, 6) is -2.05. The molecule has 1 aromatic carbocycles. The second kappa shape index (κ2) is 14.6. The molecule has 0 spiro atoms. The average Bonchev–Trinajstić information content (AvgIpc) is 3.35. The lowest BCUT2D eigenvalue weighted by atomic mass is 9.82. The monoisotopic (exact) mass is 670 g/mol. The molecule has 0 unspecified atom stereocenters. The first-order valence-corrected chi connectivity index (χ1v) is 14.7. The lowest BCUT2D eigenvalue weighted by Gasteiger charge is -2.48. The third kappa shape index (κ3) is 7.08. The smallest absolute Gasteiger partial charge is 0.331 e. The van der Waals surface area contributed by atoms with Crippen LogP contribution in [0.5, 0.6) is 5.75 Å². The van der Waals surface area contributed by atoms with Crippen LogP contribution < -0.4 is 0 Å². The average molecular weight is 671 g/mol.